The molecule has 0 bridgehead atoms. The first-order chi connectivity index (χ1) is 12.3. The fourth-order valence-electron chi connectivity index (χ4n) is 2.76. The zero-order valence-electron chi connectivity index (χ0n) is 14.4. The minimum Gasteiger partial charge on any atom is -0.379 e. The lowest BCUT2D eigenvalue weighted by atomic mass is 10.3. The van der Waals surface area contributed by atoms with E-state index in [2.05, 4.69) is 15.9 Å². The summed E-state index contributed by atoms with van der Waals surface area (Å²) in [5, 5.41) is 0. The fraction of sp³-hybridized carbons (Fsp3) is 0.278. The molecule has 0 spiro atoms. The van der Waals surface area contributed by atoms with Gasteiger partial charge in [0.1, 0.15) is 10.6 Å². The van der Waals surface area contributed by atoms with Gasteiger partial charge in [0.05, 0.1) is 0 Å². The van der Waals surface area contributed by atoms with E-state index in [1.165, 1.54) is 12.1 Å². The van der Waals surface area contributed by atoms with E-state index in [9.17, 15) is 13.2 Å². The van der Waals surface area contributed by atoms with Gasteiger partial charge in [0.15, 0.2) is 0 Å². The highest BCUT2D eigenvalue weighted by Crippen LogP contribution is 2.26. The third-order valence-electron chi connectivity index (χ3n) is 4.10. The Labute approximate surface area is 161 Å². The number of carbonyl (C=O) groups excluding carboxylic acids is 1. The van der Waals surface area contributed by atoms with Crippen molar-refractivity contribution < 1.29 is 17.4 Å². The average Bonchev–Trinajstić information content (AvgIpc) is 2.96. The highest BCUT2D eigenvalue weighted by atomic mass is 79.9. The average molecular weight is 439 g/mol. The van der Waals surface area contributed by atoms with E-state index < -0.39 is 10.1 Å². The lowest BCUT2D eigenvalue weighted by molar-refractivity contribution is 0.209. The van der Waals surface area contributed by atoms with Crippen molar-refractivity contribution in [2.75, 3.05) is 18.0 Å². The third kappa shape index (κ3) is 3.86. The van der Waals surface area contributed by atoms with Gasteiger partial charge in [-0.1, -0.05) is 22.0 Å². The van der Waals surface area contributed by atoms with E-state index >= 15 is 0 Å². The van der Waals surface area contributed by atoms with Gasteiger partial charge in [0.25, 0.3) is 0 Å². The van der Waals surface area contributed by atoms with Crippen LogP contribution >= 0.6 is 15.9 Å². The van der Waals surface area contributed by atoms with E-state index in [0.29, 0.717) is 18.8 Å². The molecule has 1 aliphatic heterocycles. The summed E-state index contributed by atoms with van der Waals surface area (Å²) in [6.45, 7) is 5.17. The number of urea groups is 1. The molecule has 0 aliphatic carbocycles. The Morgan fingerprint density at radius 2 is 1.77 bits per heavy atom. The predicted octanol–water partition coefficient (Wildman–Crippen LogP) is 3.87. The highest BCUT2D eigenvalue weighted by Gasteiger charge is 2.31. The predicted molar refractivity (Wildman–Crippen MR) is 103 cm³/mol. The van der Waals surface area contributed by atoms with Crippen molar-refractivity contribution in [3.8, 4) is 5.75 Å². The quantitative estimate of drug-likeness (QED) is 0.664. The molecule has 0 saturated carbocycles. The van der Waals surface area contributed by atoms with Crippen LogP contribution in [-0.2, 0) is 10.1 Å². The van der Waals surface area contributed by atoms with Crippen LogP contribution in [0.15, 0.2) is 57.9 Å². The number of carbonyl (C=O) groups is 1. The number of nitrogens with zero attached hydrogens (tertiary/aromatic N) is 2. The van der Waals surface area contributed by atoms with Gasteiger partial charge >= 0.3 is 16.1 Å². The third-order valence-corrected chi connectivity index (χ3v) is 5.86. The molecule has 2 amide bonds. The minimum atomic E-state index is -3.94. The summed E-state index contributed by atoms with van der Waals surface area (Å²) < 4.78 is 30.7. The monoisotopic (exact) mass is 438 g/mol. The van der Waals surface area contributed by atoms with Crippen molar-refractivity contribution in [2.24, 2.45) is 0 Å². The molecule has 2 aromatic rings. The summed E-state index contributed by atoms with van der Waals surface area (Å²) in [6.07, 6.45) is 0. The molecule has 0 aromatic heterocycles. The van der Waals surface area contributed by atoms with Crippen molar-refractivity contribution in [1.29, 1.82) is 0 Å². The molecule has 0 unspecified atom stereocenters. The Balaban J connectivity index is 1.78. The van der Waals surface area contributed by atoms with Crippen molar-refractivity contribution in [2.45, 2.75) is 24.8 Å². The van der Waals surface area contributed by atoms with E-state index in [0.717, 1.165) is 4.47 Å². The van der Waals surface area contributed by atoms with Gasteiger partial charge in [0, 0.05) is 29.3 Å². The van der Waals surface area contributed by atoms with Crippen molar-refractivity contribution in [3.63, 3.8) is 0 Å². The molecule has 1 aliphatic rings. The number of rotatable bonds is 5. The van der Waals surface area contributed by atoms with Gasteiger partial charge in [-0.2, -0.15) is 8.42 Å². The van der Waals surface area contributed by atoms with Crippen LogP contribution in [0.4, 0.5) is 10.5 Å². The van der Waals surface area contributed by atoms with Crippen LogP contribution in [0, 0.1) is 0 Å². The van der Waals surface area contributed by atoms with Crippen LogP contribution in [0.25, 0.3) is 0 Å². The zero-order valence-corrected chi connectivity index (χ0v) is 16.8. The maximum absolute atomic E-state index is 12.4. The van der Waals surface area contributed by atoms with E-state index in [4.69, 9.17) is 4.18 Å². The molecule has 2 aromatic carbocycles. The van der Waals surface area contributed by atoms with Crippen LogP contribution in [0.2, 0.25) is 0 Å². The molecular formula is C18H19BrN2O4S. The second-order valence-electron chi connectivity index (χ2n) is 6.21. The normalized spacial score (nSPS) is 15.0. The van der Waals surface area contributed by atoms with Crippen molar-refractivity contribution in [1.82, 2.24) is 4.90 Å². The maximum atomic E-state index is 12.4. The molecule has 8 heteroatoms. The van der Waals surface area contributed by atoms with Gasteiger partial charge in [-0.25, -0.2) is 4.79 Å². The molecule has 0 radical (unpaired) electrons. The van der Waals surface area contributed by atoms with E-state index in [1.807, 2.05) is 13.8 Å². The molecule has 1 heterocycles. The number of hydrogen-bond donors (Lipinski definition) is 0. The topological polar surface area (TPSA) is 66.9 Å². The largest absolute Gasteiger partial charge is 0.379 e. The Bertz CT molecular complexity index is 913. The molecular weight excluding hydrogens is 420 g/mol. The lowest BCUT2D eigenvalue weighted by Gasteiger charge is -2.21. The number of hydrogen-bond acceptors (Lipinski definition) is 4. The standard InChI is InChI=1S/C18H19BrN2O4S/c1-13(2)20-10-11-21(18(20)22)15-6-8-17(9-7-15)26(23,24)25-16-5-3-4-14(19)12-16/h3-9,12-13H,10-11H2,1-2H3. The molecule has 3 rings (SSSR count). The van der Waals surface area contributed by atoms with Gasteiger partial charge in [0.2, 0.25) is 0 Å². The van der Waals surface area contributed by atoms with Gasteiger partial charge in [-0.15, -0.1) is 0 Å². The van der Waals surface area contributed by atoms with Gasteiger partial charge in [-0.05, 0) is 56.3 Å². The summed E-state index contributed by atoms with van der Waals surface area (Å²) in [6, 6.07) is 12.8. The lowest BCUT2D eigenvalue weighted by Crippen LogP contribution is -2.36. The van der Waals surface area contributed by atoms with E-state index in [1.54, 1.807) is 46.2 Å². The molecule has 0 atom stereocenters. The molecule has 26 heavy (non-hydrogen) atoms. The van der Waals surface area contributed by atoms with Crippen molar-refractivity contribution >= 4 is 37.8 Å². The molecule has 6 nitrogen and oxygen atoms in total. The number of benzene rings is 2. The van der Waals surface area contributed by atoms with Crippen LogP contribution in [0.5, 0.6) is 5.75 Å². The van der Waals surface area contributed by atoms with Gasteiger partial charge in [-0.3, -0.25) is 4.90 Å². The smallest absolute Gasteiger partial charge is 0.339 e. The van der Waals surface area contributed by atoms with Crippen molar-refractivity contribution in [3.05, 3.63) is 53.0 Å². The summed E-state index contributed by atoms with van der Waals surface area (Å²) in [4.78, 5) is 15.9. The fourth-order valence-corrected chi connectivity index (χ4v) is 4.06. The van der Waals surface area contributed by atoms with Crippen LogP contribution in [-0.4, -0.2) is 38.5 Å². The summed E-state index contributed by atoms with van der Waals surface area (Å²) >= 11 is 3.28. The molecule has 138 valence electrons. The zero-order chi connectivity index (χ0) is 18.9. The number of amides is 2. The maximum Gasteiger partial charge on any atom is 0.339 e. The molecule has 1 saturated heterocycles. The number of halogens is 1. The second kappa shape index (κ2) is 7.28. The Morgan fingerprint density at radius 1 is 1.08 bits per heavy atom. The molecule has 0 N–H and O–H groups in total. The first-order valence-electron chi connectivity index (χ1n) is 8.16. The first kappa shape index (κ1) is 18.7. The second-order valence-corrected chi connectivity index (χ2v) is 8.67. The summed E-state index contributed by atoms with van der Waals surface area (Å²) in [7, 11) is -3.94. The Hall–Kier alpha value is -2.06. The summed E-state index contributed by atoms with van der Waals surface area (Å²) in [5.41, 5.74) is 0.666. The van der Waals surface area contributed by atoms with E-state index in [-0.39, 0.29) is 22.7 Å². The Morgan fingerprint density at radius 3 is 2.35 bits per heavy atom. The van der Waals surface area contributed by atoms with Gasteiger partial charge < -0.3 is 9.08 Å². The number of anilines is 1. The highest BCUT2D eigenvalue weighted by molar-refractivity contribution is 9.10. The first-order valence-corrected chi connectivity index (χ1v) is 10.4. The van der Waals surface area contributed by atoms with Crippen LogP contribution in [0.1, 0.15) is 13.8 Å². The minimum absolute atomic E-state index is 0.0357. The summed E-state index contributed by atoms with van der Waals surface area (Å²) in [5.74, 6) is 0.228. The van der Waals surface area contributed by atoms with Crippen LogP contribution in [0.3, 0.4) is 0 Å². The SMILES string of the molecule is CC(C)N1CCN(c2ccc(S(=O)(=O)Oc3cccc(Br)c3)cc2)C1=O. The van der Waals surface area contributed by atoms with Crippen LogP contribution < -0.4 is 9.08 Å². The molecule has 1 fully saturated rings. The Kier molecular flexibility index (Phi) is 5.24.